The van der Waals surface area contributed by atoms with Crippen molar-refractivity contribution in [1.29, 1.82) is 0 Å². The lowest BCUT2D eigenvalue weighted by atomic mass is 9.87. The first-order valence-corrected chi connectivity index (χ1v) is 7.86. The molecule has 0 unspecified atom stereocenters. The van der Waals surface area contributed by atoms with Crippen molar-refractivity contribution in [2.45, 2.75) is 46.6 Å². The van der Waals surface area contributed by atoms with Crippen molar-refractivity contribution >= 4 is 23.4 Å². The van der Waals surface area contributed by atoms with Gasteiger partial charge in [0.25, 0.3) is 0 Å². The van der Waals surface area contributed by atoms with Gasteiger partial charge in [0.15, 0.2) is 0 Å². The molecule has 3 nitrogen and oxygen atoms in total. The lowest BCUT2D eigenvalue weighted by molar-refractivity contribution is 0.499. The van der Waals surface area contributed by atoms with E-state index in [1.54, 1.807) is 10.8 Å². The zero-order valence-electron chi connectivity index (χ0n) is 13.8. The minimum absolute atomic E-state index is 0.117. The first kappa shape index (κ1) is 16.6. The van der Waals surface area contributed by atoms with E-state index in [9.17, 15) is 5.11 Å². The number of benzene rings is 1. The fraction of sp³-hybridized carbons (Fsp3) is 0.389. The van der Waals surface area contributed by atoms with Gasteiger partial charge in [-0.2, -0.15) is 5.10 Å². The number of aromatic nitrogens is 2. The first-order chi connectivity index (χ1) is 10.2. The van der Waals surface area contributed by atoms with Gasteiger partial charge in [-0.15, -0.1) is 0 Å². The van der Waals surface area contributed by atoms with Crippen LogP contribution in [0.3, 0.4) is 0 Å². The quantitative estimate of drug-likeness (QED) is 0.788. The van der Waals surface area contributed by atoms with Gasteiger partial charge < -0.3 is 5.11 Å². The first-order valence-electron chi connectivity index (χ1n) is 7.48. The highest BCUT2D eigenvalue weighted by Gasteiger charge is 2.16. The second-order valence-electron chi connectivity index (χ2n) is 6.47. The van der Waals surface area contributed by atoms with Gasteiger partial charge in [0.1, 0.15) is 11.5 Å². The molecule has 0 saturated heterocycles. The molecule has 0 aliphatic heterocycles. The summed E-state index contributed by atoms with van der Waals surface area (Å²) in [5, 5.41) is 15.2. The third kappa shape index (κ3) is 3.36. The Balaban J connectivity index is 2.37. The van der Waals surface area contributed by atoms with Crippen molar-refractivity contribution in [3.8, 4) is 0 Å². The second-order valence-corrected chi connectivity index (χ2v) is 6.84. The van der Waals surface area contributed by atoms with Gasteiger partial charge in [0.2, 0.25) is 0 Å². The fourth-order valence-corrected chi connectivity index (χ4v) is 2.57. The van der Waals surface area contributed by atoms with Crippen LogP contribution in [0.2, 0.25) is 5.02 Å². The summed E-state index contributed by atoms with van der Waals surface area (Å²) in [6.45, 7) is 11.0. The Morgan fingerprint density at radius 1 is 1.27 bits per heavy atom. The molecule has 118 valence electrons. The third-order valence-corrected chi connectivity index (χ3v) is 4.13. The Hall–Kier alpha value is -1.74. The lowest BCUT2D eigenvalue weighted by Crippen LogP contribution is -2.10. The molecule has 1 aromatic carbocycles. The number of halogens is 1. The number of aliphatic hydroxyl groups is 1. The zero-order valence-corrected chi connectivity index (χ0v) is 14.6. The summed E-state index contributed by atoms with van der Waals surface area (Å²) in [5.41, 5.74) is 3.61. The van der Waals surface area contributed by atoms with Gasteiger partial charge in [-0.25, -0.2) is 0 Å². The summed E-state index contributed by atoms with van der Waals surface area (Å²) in [7, 11) is 0. The normalized spacial score (nSPS) is 12.7. The second kappa shape index (κ2) is 6.17. The largest absolute Gasteiger partial charge is 0.506 e. The number of aryl methyl sites for hydroxylation is 2. The minimum Gasteiger partial charge on any atom is -0.506 e. The fourth-order valence-electron chi connectivity index (χ4n) is 2.34. The molecule has 0 amide bonds. The van der Waals surface area contributed by atoms with Crippen LogP contribution in [0.5, 0.6) is 0 Å². The van der Waals surface area contributed by atoms with Crippen LogP contribution in [-0.2, 0) is 12.0 Å². The third-order valence-electron chi connectivity index (χ3n) is 3.68. The zero-order chi connectivity index (χ0) is 16.5. The summed E-state index contributed by atoms with van der Waals surface area (Å²) in [6, 6.07) is 8.18. The molecule has 4 heteroatoms. The highest BCUT2D eigenvalue weighted by atomic mass is 35.5. The van der Waals surface area contributed by atoms with E-state index < -0.39 is 0 Å². The number of aliphatic hydroxyl groups excluding tert-OH is 1. The molecule has 22 heavy (non-hydrogen) atoms. The van der Waals surface area contributed by atoms with Crippen molar-refractivity contribution in [1.82, 2.24) is 9.78 Å². The van der Waals surface area contributed by atoms with E-state index >= 15 is 0 Å². The smallest absolute Gasteiger partial charge is 0.143 e. The molecule has 0 aliphatic rings. The van der Waals surface area contributed by atoms with Gasteiger partial charge in [-0.3, -0.25) is 4.68 Å². The Morgan fingerprint density at radius 2 is 1.86 bits per heavy atom. The summed E-state index contributed by atoms with van der Waals surface area (Å²) in [5.74, 6) is 0.135. The Bertz CT molecular complexity index is 691. The van der Waals surface area contributed by atoms with Gasteiger partial charge in [-0.05, 0) is 36.5 Å². The predicted octanol–water partition coefficient (Wildman–Crippen LogP) is 5.22. The van der Waals surface area contributed by atoms with Gasteiger partial charge in [0, 0.05) is 6.54 Å². The van der Waals surface area contributed by atoms with E-state index in [0.29, 0.717) is 17.3 Å². The van der Waals surface area contributed by atoms with Crippen LogP contribution in [0.1, 0.15) is 50.2 Å². The maximum Gasteiger partial charge on any atom is 0.143 e. The highest BCUT2D eigenvalue weighted by molar-refractivity contribution is 6.32. The standard InChI is InChI=1S/C18H23ClN2O/c1-6-21-17(16(19)12(2)20-21)15(22)11-13-7-9-14(10-8-13)18(3,4)5/h7-11,22H,6H2,1-5H3/b15-11-. The topological polar surface area (TPSA) is 38.0 Å². The summed E-state index contributed by atoms with van der Waals surface area (Å²) >= 11 is 6.25. The average Bonchev–Trinajstić information content (AvgIpc) is 2.74. The molecule has 2 aromatic rings. The summed E-state index contributed by atoms with van der Waals surface area (Å²) in [4.78, 5) is 0. The van der Waals surface area contributed by atoms with Crippen LogP contribution in [-0.4, -0.2) is 14.9 Å². The molecule has 0 atom stereocenters. The number of hydrogen-bond donors (Lipinski definition) is 1. The summed E-state index contributed by atoms with van der Waals surface area (Å²) in [6.07, 6.45) is 1.72. The number of hydrogen-bond acceptors (Lipinski definition) is 2. The van der Waals surface area contributed by atoms with Crippen molar-refractivity contribution in [3.05, 3.63) is 51.8 Å². The molecule has 0 saturated carbocycles. The predicted molar refractivity (Wildman–Crippen MR) is 93.3 cm³/mol. The molecule has 1 heterocycles. The van der Waals surface area contributed by atoms with Crippen molar-refractivity contribution in [2.75, 3.05) is 0 Å². The molecule has 1 N–H and O–H groups in total. The van der Waals surface area contributed by atoms with E-state index in [2.05, 4.69) is 38.0 Å². The van der Waals surface area contributed by atoms with Gasteiger partial charge >= 0.3 is 0 Å². The molecular weight excluding hydrogens is 296 g/mol. The van der Waals surface area contributed by atoms with E-state index in [-0.39, 0.29) is 11.2 Å². The molecule has 1 aromatic heterocycles. The number of rotatable bonds is 3. The van der Waals surface area contributed by atoms with Crippen molar-refractivity contribution in [3.63, 3.8) is 0 Å². The highest BCUT2D eigenvalue weighted by Crippen LogP contribution is 2.28. The van der Waals surface area contributed by atoms with Crippen molar-refractivity contribution < 1.29 is 5.11 Å². The van der Waals surface area contributed by atoms with Crippen LogP contribution < -0.4 is 0 Å². The molecule has 2 rings (SSSR count). The Labute approximate surface area is 137 Å². The maximum atomic E-state index is 10.4. The van der Waals surface area contributed by atoms with Crippen LogP contribution in [0, 0.1) is 6.92 Å². The summed E-state index contributed by atoms with van der Waals surface area (Å²) < 4.78 is 1.72. The molecule has 0 radical (unpaired) electrons. The monoisotopic (exact) mass is 318 g/mol. The molecule has 0 aliphatic carbocycles. The SMILES string of the molecule is CCn1nc(C)c(Cl)c1/C(O)=C/c1ccc(C(C)(C)C)cc1. The van der Waals surface area contributed by atoms with Gasteiger partial charge in [-0.1, -0.05) is 56.6 Å². The maximum absolute atomic E-state index is 10.4. The molecular formula is C18H23ClN2O. The Kier molecular flexibility index (Phi) is 4.66. The van der Waals surface area contributed by atoms with Crippen LogP contribution in [0.15, 0.2) is 24.3 Å². The van der Waals surface area contributed by atoms with E-state index in [0.717, 1.165) is 11.3 Å². The van der Waals surface area contributed by atoms with Crippen molar-refractivity contribution in [2.24, 2.45) is 0 Å². The van der Waals surface area contributed by atoms with E-state index in [4.69, 9.17) is 11.6 Å². The van der Waals surface area contributed by atoms with Crippen LogP contribution >= 0.6 is 11.6 Å². The van der Waals surface area contributed by atoms with E-state index in [1.807, 2.05) is 26.0 Å². The van der Waals surface area contributed by atoms with E-state index in [1.165, 1.54) is 5.56 Å². The van der Waals surface area contributed by atoms with Gasteiger partial charge in [0.05, 0.1) is 10.7 Å². The molecule has 0 spiro atoms. The number of nitrogens with zero attached hydrogens (tertiary/aromatic N) is 2. The van der Waals surface area contributed by atoms with Crippen LogP contribution in [0.4, 0.5) is 0 Å². The van der Waals surface area contributed by atoms with Crippen LogP contribution in [0.25, 0.3) is 11.8 Å². The lowest BCUT2D eigenvalue weighted by Gasteiger charge is -2.18. The Morgan fingerprint density at radius 3 is 2.36 bits per heavy atom. The molecule has 0 bridgehead atoms. The molecule has 0 fully saturated rings. The average molecular weight is 319 g/mol. The minimum atomic E-state index is 0.117.